The van der Waals surface area contributed by atoms with Gasteiger partial charge < -0.3 is 5.73 Å². The predicted octanol–water partition coefficient (Wildman–Crippen LogP) is 2.86. The second-order valence-corrected chi connectivity index (χ2v) is 5.11. The maximum Gasteiger partial charge on any atom is 0.418 e. The number of rotatable bonds is 2. The van der Waals surface area contributed by atoms with Gasteiger partial charge in [-0.1, -0.05) is 11.6 Å². The van der Waals surface area contributed by atoms with Crippen LogP contribution in [0.3, 0.4) is 0 Å². The summed E-state index contributed by atoms with van der Waals surface area (Å²) in [6.45, 7) is 0. The minimum atomic E-state index is -4.76. The molecule has 1 amide bonds. The summed E-state index contributed by atoms with van der Waals surface area (Å²) in [6.07, 6.45) is -1.34. The molecule has 0 atom stereocenters. The highest BCUT2D eigenvalue weighted by atomic mass is 35.5. The fourth-order valence-electron chi connectivity index (χ4n) is 2.02. The van der Waals surface area contributed by atoms with Crippen molar-refractivity contribution in [2.75, 3.05) is 0 Å². The minimum Gasteiger partial charge on any atom is -0.366 e. The third-order valence-electron chi connectivity index (χ3n) is 3.12. The Balaban J connectivity index is 2.24. The largest absolute Gasteiger partial charge is 0.418 e. The van der Waals surface area contributed by atoms with Gasteiger partial charge in [0.15, 0.2) is 5.65 Å². The summed E-state index contributed by atoms with van der Waals surface area (Å²) in [6, 6.07) is 2.11. The molecule has 0 radical (unpaired) electrons. The molecule has 0 aromatic carbocycles. The Hall–Kier alpha value is -2.81. The normalized spacial score (nSPS) is 11.7. The number of fused-ring (bicyclic) bond motifs is 1. The summed E-state index contributed by atoms with van der Waals surface area (Å²) in [7, 11) is 0. The van der Waals surface area contributed by atoms with Crippen LogP contribution in [0, 0.1) is 0 Å². The van der Waals surface area contributed by atoms with Gasteiger partial charge in [-0.05, 0) is 12.1 Å². The molecule has 3 aromatic rings. The van der Waals surface area contributed by atoms with Crippen molar-refractivity contribution in [1.82, 2.24) is 19.9 Å². The molecule has 0 aliphatic carbocycles. The van der Waals surface area contributed by atoms with Crippen molar-refractivity contribution in [3.8, 4) is 11.4 Å². The monoisotopic (exact) mass is 353 g/mol. The number of primary amides is 1. The van der Waals surface area contributed by atoms with Crippen LogP contribution in [0.4, 0.5) is 13.2 Å². The smallest absolute Gasteiger partial charge is 0.366 e. The van der Waals surface area contributed by atoms with E-state index in [1.54, 1.807) is 0 Å². The highest BCUT2D eigenvalue weighted by Crippen LogP contribution is 2.36. The van der Waals surface area contributed by atoms with Crippen LogP contribution in [0.15, 0.2) is 30.7 Å². The van der Waals surface area contributed by atoms with Crippen LogP contribution in [0.1, 0.15) is 15.9 Å². The Labute approximate surface area is 137 Å². The Morgan fingerprint density at radius 2 is 1.92 bits per heavy atom. The van der Waals surface area contributed by atoms with Crippen LogP contribution < -0.4 is 5.73 Å². The molecule has 0 aliphatic rings. The lowest BCUT2D eigenvalue weighted by atomic mass is 10.1. The number of nitrogens with two attached hydrogens (primary N) is 1. The molecule has 122 valence electrons. The Morgan fingerprint density at radius 3 is 2.58 bits per heavy atom. The molecular weight excluding hydrogens is 347 g/mol. The number of carbonyl (C=O) groups excluding carboxylic acids is 1. The fourth-order valence-corrected chi connectivity index (χ4v) is 2.21. The van der Waals surface area contributed by atoms with Crippen molar-refractivity contribution < 1.29 is 18.0 Å². The molecule has 3 aromatic heterocycles. The Morgan fingerprint density at radius 1 is 1.17 bits per heavy atom. The van der Waals surface area contributed by atoms with Gasteiger partial charge in [0.05, 0.1) is 22.3 Å². The highest BCUT2D eigenvalue weighted by molar-refractivity contribution is 6.34. The standard InChI is InChI=1S/C14H7ClF3N5O/c15-8-1-2-20-13-11(8)22-5-9(23-13)10-7(14(16,17)18)3-6(4-21-10)12(19)24/h1-5H,(H2,19,24). The average Bonchev–Trinajstić information content (AvgIpc) is 2.53. The van der Waals surface area contributed by atoms with Gasteiger partial charge in [-0.25, -0.2) is 15.0 Å². The Bertz CT molecular complexity index is 961. The maximum absolute atomic E-state index is 13.3. The molecule has 0 aliphatic heterocycles. The quantitative estimate of drug-likeness (QED) is 0.764. The summed E-state index contributed by atoms with van der Waals surface area (Å²) in [4.78, 5) is 26.7. The lowest BCUT2D eigenvalue weighted by molar-refractivity contribution is -0.137. The first kappa shape index (κ1) is 16.1. The zero-order chi connectivity index (χ0) is 17.5. The first-order valence-corrected chi connectivity index (χ1v) is 6.80. The summed E-state index contributed by atoms with van der Waals surface area (Å²) in [5.41, 5.74) is 3.20. The number of carbonyl (C=O) groups is 1. The SMILES string of the molecule is NC(=O)c1cnc(-c2cnc3c(Cl)ccnc3n2)c(C(F)(F)F)c1. The van der Waals surface area contributed by atoms with Gasteiger partial charge in [0.2, 0.25) is 5.91 Å². The van der Waals surface area contributed by atoms with Crippen LogP contribution >= 0.6 is 11.6 Å². The van der Waals surface area contributed by atoms with Gasteiger partial charge >= 0.3 is 6.18 Å². The lowest BCUT2D eigenvalue weighted by Gasteiger charge is -2.12. The van der Waals surface area contributed by atoms with E-state index in [1.807, 2.05) is 0 Å². The molecule has 2 N–H and O–H groups in total. The van der Waals surface area contributed by atoms with E-state index in [0.717, 1.165) is 12.4 Å². The zero-order valence-corrected chi connectivity index (χ0v) is 12.4. The second kappa shape index (κ2) is 5.68. The van der Waals surface area contributed by atoms with Crippen LogP contribution in [-0.2, 0) is 6.18 Å². The maximum atomic E-state index is 13.3. The molecule has 0 fully saturated rings. The number of pyridine rings is 2. The molecule has 6 nitrogen and oxygen atoms in total. The first-order valence-electron chi connectivity index (χ1n) is 6.42. The predicted molar refractivity (Wildman–Crippen MR) is 79.1 cm³/mol. The molecule has 0 bridgehead atoms. The van der Waals surface area contributed by atoms with Crippen LogP contribution in [0.5, 0.6) is 0 Å². The molecule has 0 spiro atoms. The van der Waals surface area contributed by atoms with Crippen molar-refractivity contribution in [3.63, 3.8) is 0 Å². The molecule has 0 saturated heterocycles. The van der Waals surface area contributed by atoms with E-state index in [2.05, 4.69) is 19.9 Å². The van der Waals surface area contributed by atoms with Gasteiger partial charge in [-0.3, -0.25) is 9.78 Å². The molecule has 0 unspecified atom stereocenters. The molecular formula is C14H7ClF3N5O. The van der Waals surface area contributed by atoms with Crippen molar-refractivity contribution in [2.45, 2.75) is 6.18 Å². The first-order chi connectivity index (χ1) is 11.3. The highest BCUT2D eigenvalue weighted by Gasteiger charge is 2.36. The number of aromatic nitrogens is 4. The van der Waals surface area contributed by atoms with E-state index < -0.39 is 23.3 Å². The van der Waals surface area contributed by atoms with Crippen molar-refractivity contribution >= 4 is 28.7 Å². The number of halogens is 4. The van der Waals surface area contributed by atoms with Crippen molar-refractivity contribution in [2.24, 2.45) is 5.73 Å². The fraction of sp³-hybridized carbons (Fsp3) is 0.0714. The number of nitrogens with zero attached hydrogens (tertiary/aromatic N) is 4. The molecule has 10 heteroatoms. The zero-order valence-electron chi connectivity index (χ0n) is 11.7. The Kier molecular flexibility index (Phi) is 3.80. The van der Waals surface area contributed by atoms with Gasteiger partial charge in [0.25, 0.3) is 0 Å². The van der Waals surface area contributed by atoms with Gasteiger partial charge in [-0.2, -0.15) is 13.2 Å². The van der Waals surface area contributed by atoms with E-state index in [0.29, 0.717) is 6.07 Å². The van der Waals surface area contributed by atoms with Gasteiger partial charge in [-0.15, -0.1) is 0 Å². The van der Waals surface area contributed by atoms with Crippen molar-refractivity contribution in [1.29, 1.82) is 0 Å². The van der Waals surface area contributed by atoms with E-state index in [1.165, 1.54) is 12.3 Å². The van der Waals surface area contributed by atoms with E-state index in [9.17, 15) is 18.0 Å². The summed E-state index contributed by atoms with van der Waals surface area (Å²) < 4.78 is 39.8. The number of hydrogen-bond donors (Lipinski definition) is 1. The second-order valence-electron chi connectivity index (χ2n) is 4.70. The number of amides is 1. The lowest BCUT2D eigenvalue weighted by Crippen LogP contribution is -2.16. The molecule has 24 heavy (non-hydrogen) atoms. The van der Waals surface area contributed by atoms with Crippen LogP contribution in [-0.4, -0.2) is 25.8 Å². The van der Waals surface area contributed by atoms with Gasteiger partial charge in [0, 0.05) is 12.4 Å². The van der Waals surface area contributed by atoms with Gasteiger partial charge in [0.1, 0.15) is 16.9 Å². The topological polar surface area (TPSA) is 94.7 Å². The summed E-state index contributed by atoms with van der Waals surface area (Å²) in [5, 5.41) is 0.270. The van der Waals surface area contributed by atoms with E-state index in [-0.39, 0.29) is 27.4 Å². The van der Waals surface area contributed by atoms with E-state index >= 15 is 0 Å². The molecule has 3 heterocycles. The average molecular weight is 354 g/mol. The summed E-state index contributed by atoms with van der Waals surface area (Å²) in [5.74, 6) is -1.02. The number of alkyl halides is 3. The number of hydrogen-bond acceptors (Lipinski definition) is 5. The minimum absolute atomic E-state index is 0.0777. The molecule has 3 rings (SSSR count). The van der Waals surface area contributed by atoms with Crippen molar-refractivity contribution in [3.05, 3.63) is 46.9 Å². The molecule has 0 saturated carbocycles. The van der Waals surface area contributed by atoms with Crippen LogP contribution in [0.25, 0.3) is 22.6 Å². The third kappa shape index (κ3) is 2.85. The van der Waals surface area contributed by atoms with E-state index in [4.69, 9.17) is 17.3 Å². The third-order valence-corrected chi connectivity index (χ3v) is 3.42. The van der Waals surface area contributed by atoms with Crippen LogP contribution in [0.2, 0.25) is 5.02 Å². The summed E-state index contributed by atoms with van der Waals surface area (Å²) >= 11 is 5.93.